The lowest BCUT2D eigenvalue weighted by Gasteiger charge is -2.29. The number of rotatable bonds is 3. The van der Waals surface area contributed by atoms with Gasteiger partial charge in [-0.15, -0.1) is 0 Å². The SMILES string of the molecule is CC1=NN(c2ccccc2)C(=O)[C@H]1/C=C1/C(=O)NC(=S)N(c2ccc(Cl)cc2)C1=O. The van der Waals surface area contributed by atoms with Crippen LogP contribution in [0.25, 0.3) is 0 Å². The van der Waals surface area contributed by atoms with Gasteiger partial charge in [0.2, 0.25) is 0 Å². The van der Waals surface area contributed by atoms with Gasteiger partial charge in [-0.05, 0) is 61.6 Å². The summed E-state index contributed by atoms with van der Waals surface area (Å²) < 4.78 is 0. The molecule has 2 aromatic carbocycles. The topological polar surface area (TPSA) is 82.1 Å². The lowest BCUT2D eigenvalue weighted by molar-refractivity contribution is -0.122. The van der Waals surface area contributed by atoms with Crippen LogP contribution in [0.4, 0.5) is 11.4 Å². The number of para-hydroxylation sites is 1. The van der Waals surface area contributed by atoms with Crippen LogP contribution in [0, 0.1) is 5.92 Å². The molecule has 0 radical (unpaired) electrons. The lowest BCUT2D eigenvalue weighted by Crippen LogP contribution is -2.54. The number of hydrogen-bond acceptors (Lipinski definition) is 5. The van der Waals surface area contributed by atoms with E-state index in [9.17, 15) is 14.4 Å². The third-order valence-corrected chi connectivity index (χ3v) is 5.24. The Kier molecular flexibility index (Phi) is 5.19. The van der Waals surface area contributed by atoms with Crippen molar-refractivity contribution in [2.24, 2.45) is 11.0 Å². The number of amides is 3. The van der Waals surface area contributed by atoms with Crippen molar-refractivity contribution in [1.29, 1.82) is 0 Å². The number of halogens is 1. The van der Waals surface area contributed by atoms with Gasteiger partial charge in [0, 0.05) is 5.02 Å². The molecule has 2 aromatic rings. The second-order valence-electron chi connectivity index (χ2n) is 6.66. The molecule has 1 saturated heterocycles. The Morgan fingerprint density at radius 1 is 1.03 bits per heavy atom. The fraction of sp³-hybridized carbons (Fsp3) is 0.0952. The average molecular weight is 439 g/mol. The molecule has 3 amide bonds. The summed E-state index contributed by atoms with van der Waals surface area (Å²) in [5.74, 6) is -2.47. The lowest BCUT2D eigenvalue weighted by atomic mass is 9.98. The zero-order chi connectivity index (χ0) is 21.4. The second kappa shape index (κ2) is 7.81. The van der Waals surface area contributed by atoms with Gasteiger partial charge in [-0.3, -0.25) is 24.6 Å². The van der Waals surface area contributed by atoms with E-state index in [1.165, 1.54) is 16.0 Å². The Morgan fingerprint density at radius 2 is 1.70 bits per heavy atom. The number of nitrogens with one attached hydrogen (secondary N) is 1. The minimum atomic E-state index is -0.839. The summed E-state index contributed by atoms with van der Waals surface area (Å²) in [6.45, 7) is 1.68. The van der Waals surface area contributed by atoms with Crippen molar-refractivity contribution < 1.29 is 14.4 Å². The first-order valence-corrected chi connectivity index (χ1v) is 9.76. The molecule has 1 N–H and O–H groups in total. The largest absolute Gasteiger partial charge is 0.298 e. The normalized spacial score (nSPS) is 20.7. The molecule has 1 atom stereocenters. The summed E-state index contributed by atoms with van der Waals surface area (Å²) in [6, 6.07) is 15.4. The van der Waals surface area contributed by atoms with Crippen LogP contribution < -0.4 is 15.2 Å². The van der Waals surface area contributed by atoms with Crippen LogP contribution in [0.3, 0.4) is 0 Å². The van der Waals surface area contributed by atoms with E-state index < -0.39 is 17.7 Å². The van der Waals surface area contributed by atoms with Crippen LogP contribution in [0.1, 0.15) is 6.92 Å². The van der Waals surface area contributed by atoms with Crippen LogP contribution in [0.5, 0.6) is 0 Å². The maximum atomic E-state index is 13.1. The minimum Gasteiger partial charge on any atom is -0.298 e. The zero-order valence-corrected chi connectivity index (χ0v) is 17.3. The summed E-state index contributed by atoms with van der Waals surface area (Å²) >= 11 is 11.1. The van der Waals surface area contributed by atoms with Gasteiger partial charge in [-0.25, -0.2) is 0 Å². The Balaban J connectivity index is 1.67. The van der Waals surface area contributed by atoms with Crippen molar-refractivity contribution >= 4 is 63.7 Å². The van der Waals surface area contributed by atoms with Crippen LogP contribution in [-0.4, -0.2) is 28.5 Å². The molecule has 9 heteroatoms. The first-order valence-electron chi connectivity index (χ1n) is 8.98. The summed E-state index contributed by atoms with van der Waals surface area (Å²) in [7, 11) is 0. The van der Waals surface area contributed by atoms with Crippen LogP contribution in [0.15, 0.2) is 71.3 Å². The van der Waals surface area contributed by atoms with Gasteiger partial charge >= 0.3 is 0 Å². The highest BCUT2D eigenvalue weighted by Crippen LogP contribution is 2.27. The summed E-state index contributed by atoms with van der Waals surface area (Å²) in [4.78, 5) is 39.7. The van der Waals surface area contributed by atoms with E-state index in [1.54, 1.807) is 55.5 Å². The first kappa shape index (κ1) is 19.9. The molecule has 0 bridgehead atoms. The number of nitrogens with zero attached hydrogens (tertiary/aromatic N) is 3. The third kappa shape index (κ3) is 3.51. The summed E-state index contributed by atoms with van der Waals surface area (Å²) in [5, 5.41) is 8.52. The highest BCUT2D eigenvalue weighted by molar-refractivity contribution is 7.80. The summed E-state index contributed by atoms with van der Waals surface area (Å²) in [6.07, 6.45) is 1.34. The molecular weight excluding hydrogens is 424 g/mol. The van der Waals surface area contributed by atoms with Gasteiger partial charge < -0.3 is 0 Å². The van der Waals surface area contributed by atoms with Gasteiger partial charge in [0.25, 0.3) is 17.7 Å². The number of anilines is 2. The number of carbonyl (C=O) groups is 3. The molecule has 0 spiro atoms. The van der Waals surface area contributed by atoms with Crippen molar-refractivity contribution in [2.45, 2.75) is 6.92 Å². The van der Waals surface area contributed by atoms with E-state index in [-0.39, 0.29) is 16.6 Å². The zero-order valence-electron chi connectivity index (χ0n) is 15.7. The quantitative estimate of drug-likeness (QED) is 0.453. The highest BCUT2D eigenvalue weighted by Gasteiger charge is 2.39. The molecule has 2 aliphatic heterocycles. The van der Waals surface area contributed by atoms with Crippen molar-refractivity contribution in [2.75, 3.05) is 9.91 Å². The number of benzene rings is 2. The molecule has 2 heterocycles. The number of thiocarbonyl (C=S) groups is 1. The van der Waals surface area contributed by atoms with Crippen LogP contribution in [-0.2, 0) is 14.4 Å². The molecule has 1 fully saturated rings. The summed E-state index contributed by atoms with van der Waals surface area (Å²) in [5.41, 5.74) is 1.35. The molecule has 4 rings (SSSR count). The van der Waals surface area contributed by atoms with Crippen LogP contribution >= 0.6 is 23.8 Å². The standard InChI is InChI=1S/C21H15ClN4O3S/c1-12-16(20(29)26(24-12)15-5-3-2-4-6-15)11-17-18(27)23-21(30)25(19(17)28)14-9-7-13(22)8-10-14/h2-11,16H,1H3,(H,23,27,30)/b17-11-/t16-/m0/s1. The monoisotopic (exact) mass is 438 g/mol. The Labute approximate surface area is 182 Å². The van der Waals surface area contributed by atoms with Crippen molar-refractivity contribution in [3.05, 3.63) is 71.3 Å². The molecular formula is C21H15ClN4O3S. The Hall–Kier alpha value is -3.36. The number of hydrogen-bond donors (Lipinski definition) is 1. The molecule has 0 unspecified atom stereocenters. The molecule has 0 saturated carbocycles. The molecule has 30 heavy (non-hydrogen) atoms. The van der Waals surface area contributed by atoms with Crippen LogP contribution in [0.2, 0.25) is 5.02 Å². The van der Waals surface area contributed by atoms with E-state index in [2.05, 4.69) is 10.4 Å². The molecule has 150 valence electrons. The van der Waals surface area contributed by atoms with Crippen molar-refractivity contribution in [1.82, 2.24) is 5.32 Å². The van der Waals surface area contributed by atoms with Crippen molar-refractivity contribution in [3.8, 4) is 0 Å². The molecule has 2 aliphatic rings. The van der Waals surface area contributed by atoms with E-state index in [4.69, 9.17) is 23.8 Å². The van der Waals surface area contributed by atoms with Gasteiger partial charge in [-0.1, -0.05) is 29.8 Å². The van der Waals surface area contributed by atoms with E-state index >= 15 is 0 Å². The fourth-order valence-corrected chi connectivity index (χ4v) is 3.60. The van der Waals surface area contributed by atoms with Crippen molar-refractivity contribution in [3.63, 3.8) is 0 Å². The van der Waals surface area contributed by atoms with Gasteiger partial charge in [0.05, 0.1) is 23.0 Å². The Morgan fingerprint density at radius 3 is 2.37 bits per heavy atom. The van der Waals surface area contributed by atoms with Gasteiger partial charge in [0.15, 0.2) is 5.11 Å². The predicted molar refractivity (Wildman–Crippen MR) is 118 cm³/mol. The van der Waals surface area contributed by atoms with E-state index in [0.29, 0.717) is 22.1 Å². The maximum Gasteiger partial charge on any atom is 0.269 e. The minimum absolute atomic E-state index is 0.0430. The average Bonchev–Trinajstić information content (AvgIpc) is 3.01. The Bertz CT molecular complexity index is 1130. The highest BCUT2D eigenvalue weighted by atomic mass is 35.5. The third-order valence-electron chi connectivity index (χ3n) is 4.70. The second-order valence-corrected chi connectivity index (χ2v) is 7.48. The predicted octanol–water partition coefficient (Wildman–Crippen LogP) is 3.05. The maximum absolute atomic E-state index is 13.1. The fourth-order valence-electron chi connectivity index (χ4n) is 3.19. The first-order chi connectivity index (χ1) is 14.4. The smallest absolute Gasteiger partial charge is 0.269 e. The van der Waals surface area contributed by atoms with Gasteiger partial charge in [-0.2, -0.15) is 10.1 Å². The molecule has 0 aliphatic carbocycles. The molecule has 7 nitrogen and oxygen atoms in total. The van der Waals surface area contributed by atoms with Gasteiger partial charge in [0.1, 0.15) is 5.57 Å². The van der Waals surface area contributed by atoms with E-state index in [0.717, 1.165) is 0 Å². The number of hydrazone groups is 1. The number of carbonyl (C=O) groups excluding carboxylic acids is 3. The molecule has 0 aromatic heterocycles. The van der Waals surface area contributed by atoms with E-state index in [1.807, 2.05) is 6.07 Å².